The molecule has 0 saturated carbocycles. The lowest BCUT2D eigenvalue weighted by atomic mass is 9.85. The largest absolute Gasteiger partial charge is 0.334 e. The van der Waals surface area contributed by atoms with E-state index >= 15 is 0 Å². The van der Waals surface area contributed by atoms with Crippen LogP contribution >= 0.6 is 11.7 Å². The van der Waals surface area contributed by atoms with Crippen molar-refractivity contribution in [3.05, 3.63) is 35.9 Å². The number of fused-ring (bicyclic) bond motifs is 2. The quantitative estimate of drug-likeness (QED) is 0.592. The van der Waals surface area contributed by atoms with E-state index in [9.17, 15) is 14.4 Å². The van der Waals surface area contributed by atoms with E-state index in [4.69, 9.17) is 0 Å². The summed E-state index contributed by atoms with van der Waals surface area (Å²) in [7, 11) is 0. The van der Waals surface area contributed by atoms with Crippen molar-refractivity contribution < 1.29 is 14.4 Å². The van der Waals surface area contributed by atoms with Crippen LogP contribution in [-0.4, -0.2) is 55.4 Å². The van der Waals surface area contributed by atoms with Gasteiger partial charge in [-0.05, 0) is 31.0 Å². The summed E-state index contributed by atoms with van der Waals surface area (Å²) < 4.78 is 8.29. The molecular formula is C18H16N4O3S. The maximum absolute atomic E-state index is 12.6. The summed E-state index contributed by atoms with van der Waals surface area (Å²) in [5.74, 6) is -0.671. The predicted molar refractivity (Wildman–Crippen MR) is 94.3 cm³/mol. The standard InChI is InChI=1S/C18H16N4O3S/c23-16(10-5-6-14-15(7-10)20-26-19-14)21-8-11(9-21)22-17(24)12-3-1-2-4-13(12)18(22)25/h1-2,5-7,11-13H,3-4,8-9H2/t12-,13-/m1/s1. The van der Waals surface area contributed by atoms with Crippen LogP contribution in [0.25, 0.3) is 11.0 Å². The minimum absolute atomic E-state index is 0.0728. The molecule has 132 valence electrons. The third-order valence-electron chi connectivity index (χ3n) is 5.56. The molecule has 8 heteroatoms. The van der Waals surface area contributed by atoms with Crippen LogP contribution in [0.3, 0.4) is 0 Å². The Morgan fingerprint density at radius 2 is 1.65 bits per heavy atom. The molecule has 7 nitrogen and oxygen atoms in total. The fourth-order valence-corrected chi connectivity index (χ4v) is 4.59. The van der Waals surface area contributed by atoms with Crippen molar-refractivity contribution >= 4 is 40.5 Å². The van der Waals surface area contributed by atoms with Crippen molar-refractivity contribution in [3.8, 4) is 0 Å². The van der Waals surface area contributed by atoms with Gasteiger partial charge in [-0.3, -0.25) is 19.3 Å². The minimum atomic E-state index is -0.211. The van der Waals surface area contributed by atoms with Crippen molar-refractivity contribution in [1.29, 1.82) is 0 Å². The molecule has 2 fully saturated rings. The zero-order valence-corrected chi connectivity index (χ0v) is 14.7. The highest BCUT2D eigenvalue weighted by molar-refractivity contribution is 7.00. The monoisotopic (exact) mass is 368 g/mol. The molecule has 2 aromatic rings. The zero-order chi connectivity index (χ0) is 17.8. The topological polar surface area (TPSA) is 83.5 Å². The Bertz CT molecular complexity index is 936. The Kier molecular flexibility index (Phi) is 3.43. The molecule has 3 amide bonds. The van der Waals surface area contributed by atoms with Gasteiger partial charge in [0, 0.05) is 18.7 Å². The number of allylic oxidation sites excluding steroid dienone is 2. The van der Waals surface area contributed by atoms with E-state index in [0.29, 0.717) is 37.0 Å². The van der Waals surface area contributed by atoms with Gasteiger partial charge in [0.05, 0.1) is 29.6 Å². The molecule has 0 bridgehead atoms. The van der Waals surface area contributed by atoms with Gasteiger partial charge in [-0.2, -0.15) is 8.75 Å². The fourth-order valence-electron chi connectivity index (χ4n) is 4.07. The van der Waals surface area contributed by atoms with Gasteiger partial charge in [0.25, 0.3) is 5.91 Å². The van der Waals surface area contributed by atoms with Gasteiger partial charge < -0.3 is 4.90 Å². The lowest BCUT2D eigenvalue weighted by Crippen LogP contribution is -2.62. The molecule has 2 atom stereocenters. The maximum atomic E-state index is 12.6. The zero-order valence-electron chi connectivity index (χ0n) is 13.9. The molecule has 0 radical (unpaired) electrons. The molecule has 1 aliphatic carbocycles. The average Bonchev–Trinajstić information content (AvgIpc) is 3.18. The van der Waals surface area contributed by atoms with Gasteiger partial charge in [0.2, 0.25) is 11.8 Å². The Morgan fingerprint density at radius 3 is 2.35 bits per heavy atom. The highest BCUT2D eigenvalue weighted by Crippen LogP contribution is 2.37. The number of carbonyl (C=O) groups is 3. The van der Waals surface area contributed by atoms with E-state index in [1.807, 2.05) is 12.2 Å². The average molecular weight is 368 g/mol. The van der Waals surface area contributed by atoms with Crippen molar-refractivity contribution in [2.75, 3.05) is 13.1 Å². The van der Waals surface area contributed by atoms with Crippen molar-refractivity contribution in [2.45, 2.75) is 18.9 Å². The molecular weight excluding hydrogens is 352 g/mol. The van der Waals surface area contributed by atoms with E-state index < -0.39 is 0 Å². The van der Waals surface area contributed by atoms with Crippen molar-refractivity contribution in [2.24, 2.45) is 11.8 Å². The lowest BCUT2D eigenvalue weighted by Gasteiger charge is -2.43. The first-order chi connectivity index (χ1) is 12.6. The van der Waals surface area contributed by atoms with E-state index in [1.165, 1.54) is 4.90 Å². The summed E-state index contributed by atoms with van der Waals surface area (Å²) in [6, 6.07) is 5.07. The van der Waals surface area contributed by atoms with Gasteiger partial charge >= 0.3 is 0 Å². The SMILES string of the molecule is O=C(c1ccc2nsnc2c1)N1CC(N2C(=O)[C@@H]3CC=CC[C@H]3C2=O)C1. The number of hydrogen-bond donors (Lipinski definition) is 0. The summed E-state index contributed by atoms with van der Waals surface area (Å²) >= 11 is 1.12. The lowest BCUT2D eigenvalue weighted by molar-refractivity contribution is -0.145. The van der Waals surface area contributed by atoms with Gasteiger partial charge in [-0.15, -0.1) is 0 Å². The summed E-state index contributed by atoms with van der Waals surface area (Å²) in [5.41, 5.74) is 2.04. The molecule has 5 rings (SSSR count). The van der Waals surface area contributed by atoms with Crippen molar-refractivity contribution in [3.63, 3.8) is 0 Å². The molecule has 2 saturated heterocycles. The Labute approximate surface area is 153 Å². The summed E-state index contributed by atoms with van der Waals surface area (Å²) in [5, 5.41) is 0. The van der Waals surface area contributed by atoms with Crippen LogP contribution < -0.4 is 0 Å². The molecule has 0 N–H and O–H groups in total. The summed E-state index contributed by atoms with van der Waals surface area (Å²) in [6.07, 6.45) is 5.25. The first kappa shape index (κ1) is 15.6. The van der Waals surface area contributed by atoms with Crippen LogP contribution in [0.2, 0.25) is 0 Å². The summed E-state index contributed by atoms with van der Waals surface area (Å²) in [6.45, 7) is 0.799. The Balaban J connectivity index is 1.29. The van der Waals surface area contributed by atoms with Crippen LogP contribution in [0.15, 0.2) is 30.4 Å². The molecule has 3 aliphatic rings. The second kappa shape index (κ2) is 5.70. The molecule has 1 aromatic heterocycles. The smallest absolute Gasteiger partial charge is 0.254 e. The molecule has 0 unspecified atom stereocenters. The fraction of sp³-hybridized carbons (Fsp3) is 0.389. The van der Waals surface area contributed by atoms with E-state index in [1.54, 1.807) is 23.1 Å². The first-order valence-corrected chi connectivity index (χ1v) is 9.40. The number of imide groups is 1. The van der Waals surface area contributed by atoms with Crippen LogP contribution in [0.5, 0.6) is 0 Å². The Hall–Kier alpha value is -2.61. The van der Waals surface area contributed by atoms with Gasteiger partial charge in [0.15, 0.2) is 0 Å². The highest BCUT2D eigenvalue weighted by atomic mass is 32.1. The molecule has 0 spiro atoms. The molecule has 26 heavy (non-hydrogen) atoms. The van der Waals surface area contributed by atoms with Gasteiger partial charge in [-0.25, -0.2) is 0 Å². The van der Waals surface area contributed by atoms with E-state index in [-0.39, 0.29) is 35.6 Å². The van der Waals surface area contributed by atoms with E-state index in [2.05, 4.69) is 8.75 Å². The van der Waals surface area contributed by atoms with Gasteiger partial charge in [-0.1, -0.05) is 12.2 Å². The highest BCUT2D eigenvalue weighted by Gasteiger charge is 2.52. The minimum Gasteiger partial charge on any atom is -0.334 e. The third kappa shape index (κ3) is 2.21. The number of likely N-dealkylation sites (tertiary alicyclic amines) is 2. The van der Waals surface area contributed by atoms with Gasteiger partial charge in [0.1, 0.15) is 11.0 Å². The Morgan fingerprint density at radius 1 is 1.00 bits per heavy atom. The number of aromatic nitrogens is 2. The number of carbonyl (C=O) groups excluding carboxylic acids is 3. The number of nitrogens with zero attached hydrogens (tertiary/aromatic N) is 4. The van der Waals surface area contributed by atoms with E-state index in [0.717, 1.165) is 17.2 Å². The third-order valence-corrected chi connectivity index (χ3v) is 6.11. The van der Waals surface area contributed by atoms with Crippen molar-refractivity contribution in [1.82, 2.24) is 18.5 Å². The predicted octanol–water partition coefficient (Wildman–Crippen LogP) is 1.47. The maximum Gasteiger partial charge on any atom is 0.254 e. The number of amides is 3. The number of rotatable bonds is 2. The normalized spacial score (nSPS) is 25.7. The molecule has 2 aliphatic heterocycles. The van der Waals surface area contributed by atoms with Crippen LogP contribution in [0, 0.1) is 11.8 Å². The van der Waals surface area contributed by atoms with Crippen LogP contribution in [-0.2, 0) is 9.59 Å². The number of benzene rings is 1. The first-order valence-electron chi connectivity index (χ1n) is 8.67. The number of hydrogen-bond acceptors (Lipinski definition) is 6. The molecule has 1 aromatic carbocycles. The van der Waals surface area contributed by atoms with Crippen LogP contribution in [0.1, 0.15) is 23.2 Å². The second-order valence-corrected chi connectivity index (χ2v) is 7.56. The second-order valence-electron chi connectivity index (χ2n) is 7.03. The molecule has 3 heterocycles. The summed E-state index contributed by atoms with van der Waals surface area (Å²) in [4.78, 5) is 40.9. The van der Waals surface area contributed by atoms with Crippen LogP contribution in [0.4, 0.5) is 0 Å².